The molecule has 0 aliphatic carbocycles. The van der Waals surface area contributed by atoms with Gasteiger partial charge < -0.3 is 0 Å². The van der Waals surface area contributed by atoms with Crippen molar-refractivity contribution in [2.24, 2.45) is 10.2 Å². The van der Waals surface area contributed by atoms with Crippen molar-refractivity contribution in [1.29, 1.82) is 0 Å². The maximum atomic E-state index is 3.75. The van der Waals surface area contributed by atoms with E-state index in [2.05, 4.69) is 24.1 Å². The third-order valence-corrected chi connectivity index (χ3v) is 1.17. The normalized spacial score (nSPS) is 13.7. The van der Waals surface area contributed by atoms with Gasteiger partial charge in [0.05, 0.1) is 0 Å². The summed E-state index contributed by atoms with van der Waals surface area (Å²) >= 11 is 0. The van der Waals surface area contributed by atoms with Crippen molar-refractivity contribution in [3.63, 3.8) is 0 Å². The van der Waals surface area contributed by atoms with Crippen LogP contribution in [0.5, 0.6) is 0 Å². The molecule has 56 valence electrons. The smallest absolute Gasteiger partial charge is 0.0494 e. The molecular formula is C8H14N2. The highest BCUT2D eigenvalue weighted by Gasteiger charge is 1.77. The summed E-state index contributed by atoms with van der Waals surface area (Å²) in [6.45, 7) is 6.03. The Hall–Kier alpha value is -0.920. The van der Waals surface area contributed by atoms with E-state index < -0.39 is 0 Å². The van der Waals surface area contributed by atoms with Crippen molar-refractivity contribution in [1.82, 2.24) is 0 Å². The third-order valence-electron chi connectivity index (χ3n) is 1.17. The van der Waals surface area contributed by atoms with Gasteiger partial charge in [-0.2, -0.15) is 10.2 Å². The van der Waals surface area contributed by atoms with E-state index in [-0.39, 0.29) is 0 Å². The molecule has 2 heteroatoms. The van der Waals surface area contributed by atoms with E-state index in [0.717, 1.165) is 6.42 Å². The summed E-state index contributed by atoms with van der Waals surface area (Å²) in [6.07, 6.45) is 6.40. The van der Waals surface area contributed by atoms with E-state index in [1.54, 1.807) is 12.4 Å². The molecule has 0 bridgehead atoms. The van der Waals surface area contributed by atoms with Crippen molar-refractivity contribution in [3.05, 3.63) is 11.6 Å². The highest BCUT2D eigenvalue weighted by atomic mass is 15.2. The molecule has 0 fully saturated rings. The zero-order valence-corrected chi connectivity index (χ0v) is 6.83. The molecule has 0 radical (unpaired) electrons. The van der Waals surface area contributed by atoms with Gasteiger partial charge in [0, 0.05) is 12.4 Å². The quantitative estimate of drug-likeness (QED) is 0.422. The van der Waals surface area contributed by atoms with Crippen LogP contribution < -0.4 is 0 Å². The molecular weight excluding hydrogens is 124 g/mol. The Bertz CT molecular complexity index is 155. The predicted octanol–water partition coefficient (Wildman–Crippen LogP) is 2.42. The molecule has 0 heterocycles. The lowest BCUT2D eigenvalue weighted by Crippen LogP contribution is -1.71. The van der Waals surface area contributed by atoms with Crippen molar-refractivity contribution in [2.45, 2.75) is 27.2 Å². The SMILES string of the molecule is CC=NN=CC=C(C)CC. The summed E-state index contributed by atoms with van der Waals surface area (Å²) < 4.78 is 0. The summed E-state index contributed by atoms with van der Waals surface area (Å²) in [5.41, 5.74) is 1.31. The van der Waals surface area contributed by atoms with Gasteiger partial charge in [-0.3, -0.25) is 0 Å². The molecule has 0 amide bonds. The first kappa shape index (κ1) is 9.08. The third kappa shape index (κ3) is 5.22. The number of rotatable bonds is 3. The van der Waals surface area contributed by atoms with E-state index in [4.69, 9.17) is 0 Å². The molecule has 10 heavy (non-hydrogen) atoms. The van der Waals surface area contributed by atoms with Gasteiger partial charge in [-0.1, -0.05) is 12.5 Å². The van der Waals surface area contributed by atoms with E-state index in [1.165, 1.54) is 5.57 Å². The monoisotopic (exact) mass is 138 g/mol. The first-order chi connectivity index (χ1) is 4.81. The Balaban J connectivity index is 3.70. The number of hydrogen-bond acceptors (Lipinski definition) is 2. The minimum atomic E-state index is 1.07. The van der Waals surface area contributed by atoms with Crippen LogP contribution in [0, 0.1) is 0 Å². The molecule has 0 aliphatic rings. The minimum Gasteiger partial charge on any atom is -0.164 e. The van der Waals surface area contributed by atoms with Crippen molar-refractivity contribution in [3.8, 4) is 0 Å². The summed E-state index contributed by atoms with van der Waals surface area (Å²) in [5.74, 6) is 0. The van der Waals surface area contributed by atoms with Gasteiger partial charge in [-0.25, -0.2) is 0 Å². The molecule has 0 spiro atoms. The number of hydrogen-bond donors (Lipinski definition) is 0. The first-order valence-electron chi connectivity index (χ1n) is 3.48. The standard InChI is InChI=1S/C8H14N2/c1-4-8(3)6-7-10-9-5-2/h5-7H,4H2,1-3H3. The number of nitrogens with zero attached hydrogens (tertiary/aromatic N) is 2. The fraction of sp³-hybridized carbons (Fsp3) is 0.500. The zero-order chi connectivity index (χ0) is 7.82. The fourth-order valence-corrected chi connectivity index (χ4v) is 0.384. The number of allylic oxidation sites excluding steroid dienone is 2. The summed E-state index contributed by atoms with van der Waals surface area (Å²) in [4.78, 5) is 0. The van der Waals surface area contributed by atoms with Crippen molar-refractivity contribution >= 4 is 12.4 Å². The minimum absolute atomic E-state index is 1.07. The van der Waals surface area contributed by atoms with E-state index >= 15 is 0 Å². The molecule has 0 aromatic rings. The second-order valence-electron chi connectivity index (χ2n) is 2.00. The van der Waals surface area contributed by atoms with Crippen LogP contribution in [0.25, 0.3) is 0 Å². The molecule has 0 N–H and O–H groups in total. The molecule has 0 rings (SSSR count). The summed E-state index contributed by atoms with van der Waals surface area (Å²) in [7, 11) is 0. The average Bonchev–Trinajstić information content (AvgIpc) is 1.98. The second kappa shape index (κ2) is 6.20. The highest BCUT2D eigenvalue weighted by molar-refractivity contribution is 5.72. The zero-order valence-electron chi connectivity index (χ0n) is 6.83. The van der Waals surface area contributed by atoms with Crippen LogP contribution in [0.2, 0.25) is 0 Å². The van der Waals surface area contributed by atoms with Gasteiger partial charge >= 0.3 is 0 Å². The van der Waals surface area contributed by atoms with Gasteiger partial charge in [0.2, 0.25) is 0 Å². The summed E-state index contributed by atoms with van der Waals surface area (Å²) in [5, 5.41) is 7.42. The van der Waals surface area contributed by atoms with Crippen LogP contribution >= 0.6 is 0 Å². The lowest BCUT2D eigenvalue weighted by molar-refractivity contribution is 1.10. The Kier molecular flexibility index (Phi) is 5.63. The van der Waals surface area contributed by atoms with Crippen molar-refractivity contribution in [2.75, 3.05) is 0 Å². The van der Waals surface area contributed by atoms with E-state index in [1.807, 2.05) is 13.0 Å². The van der Waals surface area contributed by atoms with Gasteiger partial charge in [0.1, 0.15) is 0 Å². The summed E-state index contributed by atoms with van der Waals surface area (Å²) in [6, 6.07) is 0. The molecule has 0 aromatic heterocycles. The van der Waals surface area contributed by atoms with Crippen LogP contribution in [0.1, 0.15) is 27.2 Å². The van der Waals surface area contributed by atoms with Crippen LogP contribution in [-0.2, 0) is 0 Å². The lowest BCUT2D eigenvalue weighted by Gasteiger charge is -1.86. The molecule has 0 unspecified atom stereocenters. The maximum absolute atomic E-state index is 3.75. The van der Waals surface area contributed by atoms with Crippen LogP contribution in [0.15, 0.2) is 21.9 Å². The molecule has 0 aromatic carbocycles. The Morgan fingerprint density at radius 2 is 2.10 bits per heavy atom. The second-order valence-corrected chi connectivity index (χ2v) is 2.00. The molecule has 0 aliphatic heterocycles. The Labute approximate surface area is 62.4 Å². The van der Waals surface area contributed by atoms with Gasteiger partial charge in [-0.15, -0.1) is 0 Å². The molecule has 0 saturated carbocycles. The van der Waals surface area contributed by atoms with E-state index in [0.29, 0.717) is 0 Å². The van der Waals surface area contributed by atoms with Crippen LogP contribution in [0.3, 0.4) is 0 Å². The fourth-order valence-electron chi connectivity index (χ4n) is 0.384. The maximum Gasteiger partial charge on any atom is 0.0494 e. The van der Waals surface area contributed by atoms with Gasteiger partial charge in [0.25, 0.3) is 0 Å². The van der Waals surface area contributed by atoms with Crippen LogP contribution in [0.4, 0.5) is 0 Å². The Morgan fingerprint density at radius 1 is 1.40 bits per heavy atom. The topological polar surface area (TPSA) is 24.7 Å². The predicted molar refractivity (Wildman–Crippen MR) is 46.7 cm³/mol. The van der Waals surface area contributed by atoms with E-state index in [9.17, 15) is 0 Å². The van der Waals surface area contributed by atoms with Crippen molar-refractivity contribution < 1.29 is 0 Å². The van der Waals surface area contributed by atoms with Gasteiger partial charge in [0.15, 0.2) is 0 Å². The molecule has 0 saturated heterocycles. The first-order valence-corrected chi connectivity index (χ1v) is 3.48. The average molecular weight is 138 g/mol. The van der Waals surface area contributed by atoms with Gasteiger partial charge in [-0.05, 0) is 26.3 Å². The van der Waals surface area contributed by atoms with Crippen LogP contribution in [-0.4, -0.2) is 12.4 Å². The lowest BCUT2D eigenvalue weighted by atomic mass is 10.2. The molecule has 0 atom stereocenters. The molecule has 2 nitrogen and oxygen atoms in total. The highest BCUT2D eigenvalue weighted by Crippen LogP contribution is 1.94. The Morgan fingerprint density at radius 3 is 2.60 bits per heavy atom. The largest absolute Gasteiger partial charge is 0.164 e.